The molecule has 0 fully saturated rings. The highest BCUT2D eigenvalue weighted by molar-refractivity contribution is 6.31. The van der Waals surface area contributed by atoms with Gasteiger partial charge in [-0.25, -0.2) is 9.97 Å². The summed E-state index contributed by atoms with van der Waals surface area (Å²) in [7, 11) is 0. The number of hydrogen-bond acceptors (Lipinski definition) is 4. The van der Waals surface area contributed by atoms with Crippen LogP contribution in [0.2, 0.25) is 5.02 Å². The average Bonchev–Trinajstić information content (AvgIpc) is 2.62. The smallest absolute Gasteiger partial charge is 0.255 e. The maximum atomic E-state index is 12.5. The Bertz CT molecular complexity index is 943. The molecular formula is C20H19ClN4O. The van der Waals surface area contributed by atoms with Crippen molar-refractivity contribution in [3.63, 3.8) is 0 Å². The molecule has 5 nitrogen and oxygen atoms in total. The number of nitrogens with one attached hydrogen (secondary N) is 2. The minimum atomic E-state index is -0.197. The fraction of sp³-hybridized carbons (Fsp3) is 0.150. The summed E-state index contributed by atoms with van der Waals surface area (Å²) in [6, 6.07) is 14.6. The number of halogens is 1. The van der Waals surface area contributed by atoms with E-state index in [1.165, 1.54) is 6.33 Å². The molecule has 0 spiro atoms. The normalized spacial score (nSPS) is 10.4. The van der Waals surface area contributed by atoms with Gasteiger partial charge in [0.05, 0.1) is 0 Å². The monoisotopic (exact) mass is 366 g/mol. The Kier molecular flexibility index (Phi) is 5.49. The van der Waals surface area contributed by atoms with Crippen LogP contribution in [0.3, 0.4) is 0 Å². The van der Waals surface area contributed by atoms with Gasteiger partial charge in [0, 0.05) is 33.7 Å². The lowest BCUT2D eigenvalue weighted by Gasteiger charge is -2.13. The van der Waals surface area contributed by atoms with Crippen molar-refractivity contribution in [2.45, 2.75) is 20.3 Å². The van der Waals surface area contributed by atoms with Crippen molar-refractivity contribution < 1.29 is 4.79 Å². The van der Waals surface area contributed by atoms with Gasteiger partial charge in [0.25, 0.3) is 5.91 Å². The first-order valence-electron chi connectivity index (χ1n) is 8.30. The molecule has 3 rings (SSSR count). The van der Waals surface area contributed by atoms with Gasteiger partial charge in [-0.2, -0.15) is 0 Å². The summed E-state index contributed by atoms with van der Waals surface area (Å²) >= 11 is 5.98. The second-order valence-corrected chi connectivity index (χ2v) is 6.30. The van der Waals surface area contributed by atoms with Crippen LogP contribution in [0.1, 0.15) is 28.5 Å². The van der Waals surface area contributed by atoms with Crippen LogP contribution in [0.25, 0.3) is 0 Å². The number of benzene rings is 2. The third kappa shape index (κ3) is 4.37. The SMILES string of the molecule is CCc1ccc(Nc2cc(C)ncn2)cc1NC(=O)c1cccc(Cl)c1. The van der Waals surface area contributed by atoms with E-state index in [2.05, 4.69) is 20.6 Å². The highest BCUT2D eigenvalue weighted by Crippen LogP contribution is 2.25. The zero-order chi connectivity index (χ0) is 18.5. The van der Waals surface area contributed by atoms with E-state index in [4.69, 9.17) is 11.6 Å². The van der Waals surface area contributed by atoms with Crippen molar-refractivity contribution in [3.8, 4) is 0 Å². The topological polar surface area (TPSA) is 66.9 Å². The van der Waals surface area contributed by atoms with Gasteiger partial charge in [0.1, 0.15) is 12.1 Å². The number of rotatable bonds is 5. The lowest BCUT2D eigenvalue weighted by molar-refractivity contribution is 0.102. The number of hydrogen-bond donors (Lipinski definition) is 2. The summed E-state index contributed by atoms with van der Waals surface area (Å²) in [6.07, 6.45) is 2.32. The Hall–Kier alpha value is -2.92. The van der Waals surface area contributed by atoms with Gasteiger partial charge < -0.3 is 10.6 Å². The lowest BCUT2D eigenvalue weighted by Crippen LogP contribution is -2.13. The van der Waals surface area contributed by atoms with E-state index in [1.807, 2.05) is 38.1 Å². The highest BCUT2D eigenvalue weighted by atomic mass is 35.5. The van der Waals surface area contributed by atoms with Gasteiger partial charge >= 0.3 is 0 Å². The molecule has 0 atom stereocenters. The summed E-state index contributed by atoms with van der Waals surface area (Å²) in [5.74, 6) is 0.506. The Morgan fingerprint density at radius 1 is 1.12 bits per heavy atom. The minimum Gasteiger partial charge on any atom is -0.340 e. The standard InChI is InChI=1S/C20H19ClN4O/c1-3-14-7-8-17(24-19-9-13(2)22-12-23-19)11-18(14)25-20(26)15-5-4-6-16(21)10-15/h4-12H,3H2,1-2H3,(H,25,26)(H,22,23,24). The molecule has 1 heterocycles. The zero-order valence-corrected chi connectivity index (χ0v) is 15.3. The summed E-state index contributed by atoms with van der Waals surface area (Å²) in [4.78, 5) is 20.8. The van der Waals surface area contributed by atoms with E-state index in [0.29, 0.717) is 16.4 Å². The van der Waals surface area contributed by atoms with Crippen molar-refractivity contribution in [1.29, 1.82) is 0 Å². The van der Waals surface area contributed by atoms with Crippen molar-refractivity contribution >= 4 is 34.7 Å². The number of amides is 1. The molecule has 0 saturated heterocycles. The molecular weight excluding hydrogens is 348 g/mol. The number of carbonyl (C=O) groups is 1. The maximum Gasteiger partial charge on any atom is 0.255 e. The van der Waals surface area contributed by atoms with Crippen molar-refractivity contribution in [2.75, 3.05) is 10.6 Å². The van der Waals surface area contributed by atoms with Crippen LogP contribution in [0.4, 0.5) is 17.2 Å². The molecule has 1 amide bonds. The largest absolute Gasteiger partial charge is 0.340 e. The van der Waals surface area contributed by atoms with Gasteiger partial charge in [-0.05, 0) is 49.2 Å². The molecule has 0 saturated carbocycles. The molecule has 2 aromatic carbocycles. The van der Waals surface area contributed by atoms with Gasteiger partial charge in [0.15, 0.2) is 0 Å². The predicted molar refractivity (Wildman–Crippen MR) is 105 cm³/mol. The summed E-state index contributed by atoms with van der Waals surface area (Å²) < 4.78 is 0. The first-order valence-corrected chi connectivity index (χ1v) is 8.68. The quantitative estimate of drug-likeness (QED) is 0.667. The van der Waals surface area contributed by atoms with Gasteiger partial charge in [-0.15, -0.1) is 0 Å². The molecule has 6 heteroatoms. The molecule has 3 aromatic rings. The Morgan fingerprint density at radius 3 is 2.69 bits per heavy atom. The summed E-state index contributed by atoms with van der Waals surface area (Å²) in [5.41, 5.74) is 4.03. The van der Waals surface area contributed by atoms with Crippen LogP contribution in [0, 0.1) is 6.92 Å². The first kappa shape index (κ1) is 17.9. The van der Waals surface area contributed by atoms with Crippen molar-refractivity contribution in [1.82, 2.24) is 9.97 Å². The van der Waals surface area contributed by atoms with Gasteiger partial charge in [-0.3, -0.25) is 4.79 Å². The van der Waals surface area contributed by atoms with Crippen LogP contribution < -0.4 is 10.6 Å². The van der Waals surface area contributed by atoms with Gasteiger partial charge in [0.2, 0.25) is 0 Å². The molecule has 0 aliphatic heterocycles. The molecule has 2 N–H and O–H groups in total. The third-order valence-corrected chi connectivity index (χ3v) is 4.14. The molecule has 0 bridgehead atoms. The average molecular weight is 367 g/mol. The fourth-order valence-electron chi connectivity index (χ4n) is 2.57. The summed E-state index contributed by atoms with van der Waals surface area (Å²) in [6.45, 7) is 3.95. The van der Waals surface area contributed by atoms with Crippen LogP contribution in [0.5, 0.6) is 0 Å². The molecule has 1 aromatic heterocycles. The van der Waals surface area contributed by atoms with Crippen LogP contribution in [-0.2, 0) is 6.42 Å². The second-order valence-electron chi connectivity index (χ2n) is 5.86. The predicted octanol–water partition coefficient (Wildman–Crippen LogP) is 5.00. The first-order chi connectivity index (χ1) is 12.5. The Labute approximate surface area is 157 Å². The molecule has 26 heavy (non-hydrogen) atoms. The van der Waals surface area contributed by atoms with E-state index in [0.717, 1.165) is 29.1 Å². The van der Waals surface area contributed by atoms with E-state index >= 15 is 0 Å². The Balaban J connectivity index is 1.84. The summed E-state index contributed by atoms with van der Waals surface area (Å²) in [5, 5.41) is 6.74. The second kappa shape index (κ2) is 7.97. The molecule has 0 aliphatic carbocycles. The highest BCUT2D eigenvalue weighted by Gasteiger charge is 2.10. The zero-order valence-electron chi connectivity index (χ0n) is 14.6. The van der Waals surface area contributed by atoms with Crippen LogP contribution >= 0.6 is 11.6 Å². The molecule has 132 valence electrons. The fourth-order valence-corrected chi connectivity index (χ4v) is 2.76. The van der Waals surface area contributed by atoms with Gasteiger partial charge in [-0.1, -0.05) is 30.7 Å². The number of nitrogens with zero attached hydrogens (tertiary/aromatic N) is 2. The van der Waals surface area contributed by atoms with E-state index < -0.39 is 0 Å². The number of aryl methyl sites for hydroxylation is 2. The minimum absolute atomic E-state index is 0.197. The number of aromatic nitrogens is 2. The molecule has 0 radical (unpaired) electrons. The third-order valence-electron chi connectivity index (χ3n) is 3.90. The van der Waals surface area contributed by atoms with Crippen molar-refractivity contribution in [3.05, 3.63) is 76.7 Å². The van der Waals surface area contributed by atoms with E-state index in [1.54, 1.807) is 24.3 Å². The maximum absolute atomic E-state index is 12.5. The van der Waals surface area contributed by atoms with E-state index in [9.17, 15) is 4.79 Å². The van der Waals surface area contributed by atoms with E-state index in [-0.39, 0.29) is 5.91 Å². The van der Waals surface area contributed by atoms with Crippen LogP contribution in [-0.4, -0.2) is 15.9 Å². The lowest BCUT2D eigenvalue weighted by atomic mass is 10.1. The Morgan fingerprint density at radius 2 is 1.96 bits per heavy atom. The number of anilines is 3. The van der Waals surface area contributed by atoms with Crippen molar-refractivity contribution in [2.24, 2.45) is 0 Å². The number of carbonyl (C=O) groups excluding carboxylic acids is 1. The molecule has 0 unspecified atom stereocenters. The molecule has 0 aliphatic rings. The van der Waals surface area contributed by atoms with Crippen LogP contribution in [0.15, 0.2) is 54.9 Å².